The second-order valence-electron chi connectivity index (χ2n) is 2.20. The lowest BCUT2D eigenvalue weighted by molar-refractivity contribution is -0.119. The molecule has 1 N–H and O–H groups in total. The van der Waals surface area contributed by atoms with Crippen LogP contribution in [0.1, 0.15) is 13.3 Å². The summed E-state index contributed by atoms with van der Waals surface area (Å²) in [5.74, 6) is -0.337. The van der Waals surface area contributed by atoms with Crippen LogP contribution in [0.5, 0.6) is 0 Å². The molecule has 1 heterocycles. The first-order valence-corrected chi connectivity index (χ1v) is 3.23. The third-order valence-electron chi connectivity index (χ3n) is 1.16. The van der Waals surface area contributed by atoms with Gasteiger partial charge in [-0.25, -0.2) is 4.99 Å². The highest BCUT2D eigenvalue weighted by atomic mass is 16.2. The molecule has 58 valence electrons. The van der Waals surface area contributed by atoms with Crippen molar-refractivity contribution in [2.45, 2.75) is 13.3 Å². The van der Waals surface area contributed by atoms with Gasteiger partial charge in [0.2, 0.25) is 11.8 Å². The number of carbonyl (C=O) groups excluding carboxylic acids is 2. The minimum absolute atomic E-state index is 0.156. The van der Waals surface area contributed by atoms with Gasteiger partial charge in [-0.05, 0) is 6.08 Å². The minimum Gasteiger partial charge on any atom is -0.325 e. The average molecular weight is 152 g/mol. The van der Waals surface area contributed by atoms with Gasteiger partial charge in [0.25, 0.3) is 0 Å². The normalized spacial score (nSPS) is 16.1. The number of hydrogen-bond acceptors (Lipinski definition) is 2. The van der Waals surface area contributed by atoms with E-state index in [-0.39, 0.29) is 18.2 Å². The maximum absolute atomic E-state index is 10.5. The van der Waals surface area contributed by atoms with Crippen molar-refractivity contribution >= 4 is 18.0 Å². The van der Waals surface area contributed by atoms with Gasteiger partial charge in [0.1, 0.15) is 0 Å². The molecule has 0 aliphatic carbocycles. The Bertz CT molecular complexity index is 253. The van der Waals surface area contributed by atoms with E-state index < -0.39 is 0 Å². The number of dihydropyridines is 1. The lowest BCUT2D eigenvalue weighted by atomic mass is 10.3. The number of aliphatic imine (C=N–C) groups is 1. The number of nitrogens with one attached hydrogen (secondary N) is 1. The van der Waals surface area contributed by atoms with Crippen LogP contribution in [0.3, 0.4) is 0 Å². The predicted molar refractivity (Wildman–Crippen MR) is 40.0 cm³/mol. The third-order valence-corrected chi connectivity index (χ3v) is 1.16. The molecule has 0 aromatic carbocycles. The van der Waals surface area contributed by atoms with Crippen molar-refractivity contribution in [3.05, 3.63) is 11.8 Å². The lowest BCUT2D eigenvalue weighted by Crippen LogP contribution is -2.21. The molecule has 0 saturated heterocycles. The summed E-state index contributed by atoms with van der Waals surface area (Å²) >= 11 is 0. The quantitative estimate of drug-likeness (QED) is 0.575. The van der Waals surface area contributed by atoms with Crippen molar-refractivity contribution in [3.63, 3.8) is 0 Å². The van der Waals surface area contributed by atoms with E-state index >= 15 is 0 Å². The van der Waals surface area contributed by atoms with Gasteiger partial charge in [-0.15, -0.1) is 0 Å². The number of hydrogen-bond donors (Lipinski definition) is 1. The van der Waals surface area contributed by atoms with Crippen LogP contribution >= 0.6 is 0 Å². The summed E-state index contributed by atoms with van der Waals surface area (Å²) in [5, 5.41) is 2.52. The molecule has 2 amide bonds. The maximum Gasteiger partial charge on any atom is 0.249 e. The first-order valence-electron chi connectivity index (χ1n) is 3.23. The number of amides is 2. The van der Waals surface area contributed by atoms with E-state index in [1.807, 2.05) is 0 Å². The van der Waals surface area contributed by atoms with E-state index in [1.165, 1.54) is 13.1 Å². The van der Waals surface area contributed by atoms with Gasteiger partial charge in [-0.1, -0.05) is 0 Å². The Morgan fingerprint density at radius 1 is 1.73 bits per heavy atom. The van der Waals surface area contributed by atoms with Gasteiger partial charge in [0.15, 0.2) is 0 Å². The maximum atomic E-state index is 10.5. The van der Waals surface area contributed by atoms with Gasteiger partial charge in [-0.2, -0.15) is 0 Å². The SMILES string of the molecule is CC(=O)NC1=CCC(=O)N=C1. The molecule has 1 aliphatic heterocycles. The van der Waals surface area contributed by atoms with Gasteiger partial charge in [0, 0.05) is 13.3 Å². The molecule has 0 unspecified atom stereocenters. The van der Waals surface area contributed by atoms with Crippen LogP contribution in [-0.2, 0) is 9.59 Å². The van der Waals surface area contributed by atoms with E-state index in [0.717, 1.165) is 0 Å². The third kappa shape index (κ3) is 2.33. The molecular formula is C7H8N2O2. The van der Waals surface area contributed by atoms with Crippen LogP contribution in [0.25, 0.3) is 0 Å². The molecule has 0 spiro atoms. The Hall–Kier alpha value is -1.45. The Balaban J connectivity index is 2.56. The molecular weight excluding hydrogens is 144 g/mol. The van der Waals surface area contributed by atoms with E-state index in [0.29, 0.717) is 5.70 Å². The van der Waals surface area contributed by atoms with Crippen molar-refractivity contribution in [1.29, 1.82) is 0 Å². The molecule has 0 bridgehead atoms. The van der Waals surface area contributed by atoms with Gasteiger partial charge in [0.05, 0.1) is 11.9 Å². The van der Waals surface area contributed by atoms with Crippen LogP contribution in [0.4, 0.5) is 0 Å². The van der Waals surface area contributed by atoms with E-state index in [4.69, 9.17) is 0 Å². The van der Waals surface area contributed by atoms with Crippen LogP contribution in [-0.4, -0.2) is 18.0 Å². The topological polar surface area (TPSA) is 58.5 Å². The lowest BCUT2D eigenvalue weighted by Gasteiger charge is -2.04. The Morgan fingerprint density at radius 2 is 2.45 bits per heavy atom. The fourth-order valence-electron chi connectivity index (χ4n) is 0.731. The van der Waals surface area contributed by atoms with Crippen molar-refractivity contribution in [2.75, 3.05) is 0 Å². The fraction of sp³-hybridized carbons (Fsp3) is 0.286. The molecule has 1 aliphatic rings. The van der Waals surface area contributed by atoms with Gasteiger partial charge < -0.3 is 5.32 Å². The summed E-state index contributed by atoms with van der Waals surface area (Å²) in [6.07, 6.45) is 3.26. The average Bonchev–Trinajstić information content (AvgIpc) is 1.93. The molecule has 0 radical (unpaired) electrons. The van der Waals surface area contributed by atoms with E-state index in [2.05, 4.69) is 10.3 Å². The van der Waals surface area contributed by atoms with E-state index in [9.17, 15) is 9.59 Å². The second-order valence-corrected chi connectivity index (χ2v) is 2.20. The molecule has 11 heavy (non-hydrogen) atoms. The first-order chi connectivity index (χ1) is 5.18. The molecule has 4 heteroatoms. The number of allylic oxidation sites excluding steroid dienone is 1. The van der Waals surface area contributed by atoms with Gasteiger partial charge in [-0.3, -0.25) is 9.59 Å². The summed E-state index contributed by atoms with van der Waals surface area (Å²) in [7, 11) is 0. The van der Waals surface area contributed by atoms with Crippen LogP contribution in [0.2, 0.25) is 0 Å². The zero-order chi connectivity index (χ0) is 8.27. The standard InChI is InChI=1S/C7H8N2O2/c1-5(10)9-6-2-3-7(11)8-4-6/h2,4H,3H2,1H3,(H,9,10). The fourth-order valence-corrected chi connectivity index (χ4v) is 0.731. The minimum atomic E-state index is -0.181. The Morgan fingerprint density at radius 3 is 2.91 bits per heavy atom. The molecule has 0 aromatic rings. The predicted octanol–water partition coefficient (Wildman–Crippen LogP) is 0.00750. The summed E-state index contributed by atoms with van der Waals surface area (Å²) in [6, 6.07) is 0. The molecule has 1 rings (SSSR count). The van der Waals surface area contributed by atoms with Crippen LogP contribution in [0, 0.1) is 0 Å². The zero-order valence-corrected chi connectivity index (χ0v) is 6.13. The Labute approximate surface area is 64.0 Å². The number of carbonyl (C=O) groups is 2. The summed E-state index contributed by atoms with van der Waals surface area (Å²) in [5.41, 5.74) is 0.595. The van der Waals surface area contributed by atoms with Crippen LogP contribution in [0.15, 0.2) is 16.8 Å². The number of rotatable bonds is 1. The largest absolute Gasteiger partial charge is 0.325 e. The second kappa shape index (κ2) is 3.09. The van der Waals surface area contributed by atoms with Crippen molar-refractivity contribution in [3.8, 4) is 0 Å². The molecule has 4 nitrogen and oxygen atoms in total. The van der Waals surface area contributed by atoms with Gasteiger partial charge >= 0.3 is 0 Å². The zero-order valence-electron chi connectivity index (χ0n) is 6.13. The van der Waals surface area contributed by atoms with Crippen molar-refractivity contribution in [1.82, 2.24) is 5.32 Å². The molecule has 0 fully saturated rings. The first kappa shape index (κ1) is 7.65. The van der Waals surface area contributed by atoms with Crippen molar-refractivity contribution < 1.29 is 9.59 Å². The van der Waals surface area contributed by atoms with Crippen molar-refractivity contribution in [2.24, 2.45) is 4.99 Å². The summed E-state index contributed by atoms with van der Waals surface area (Å²) in [4.78, 5) is 24.6. The summed E-state index contributed by atoms with van der Waals surface area (Å²) < 4.78 is 0. The van der Waals surface area contributed by atoms with Crippen LogP contribution < -0.4 is 5.32 Å². The monoisotopic (exact) mass is 152 g/mol. The highest BCUT2D eigenvalue weighted by Crippen LogP contribution is 1.98. The molecule has 0 aromatic heterocycles. The highest BCUT2D eigenvalue weighted by Gasteiger charge is 2.04. The number of nitrogens with zero attached hydrogens (tertiary/aromatic N) is 1. The summed E-state index contributed by atoms with van der Waals surface area (Å²) in [6.45, 7) is 1.41. The molecule has 0 atom stereocenters. The Kier molecular flexibility index (Phi) is 2.15. The molecule has 0 saturated carbocycles. The smallest absolute Gasteiger partial charge is 0.249 e. The highest BCUT2D eigenvalue weighted by molar-refractivity contribution is 5.97. The van der Waals surface area contributed by atoms with E-state index in [1.54, 1.807) is 6.08 Å².